The first-order valence-corrected chi connectivity index (χ1v) is 14.7. The molecule has 44 heavy (non-hydrogen) atoms. The molecule has 0 saturated heterocycles. The van der Waals surface area contributed by atoms with Gasteiger partial charge in [-0.25, -0.2) is 9.97 Å². The van der Waals surface area contributed by atoms with Gasteiger partial charge in [0.25, 0.3) is 0 Å². The van der Waals surface area contributed by atoms with Crippen LogP contribution < -0.4 is 0 Å². The van der Waals surface area contributed by atoms with E-state index in [0.717, 1.165) is 83.1 Å². The van der Waals surface area contributed by atoms with Gasteiger partial charge in [0, 0.05) is 38.2 Å². The van der Waals surface area contributed by atoms with E-state index in [1.165, 1.54) is 0 Å². The second kappa shape index (κ2) is 9.79. The summed E-state index contributed by atoms with van der Waals surface area (Å²) in [5.74, 6) is 0.677. The molecule has 0 bridgehead atoms. The number of hydrogen-bond donors (Lipinski definition) is 0. The molecule has 4 heteroatoms. The highest BCUT2D eigenvalue weighted by molar-refractivity contribution is 6.20. The number of para-hydroxylation sites is 2. The molecule has 0 N–H and O–H groups in total. The van der Waals surface area contributed by atoms with Crippen LogP contribution in [-0.2, 0) is 0 Å². The number of nitrogens with zero attached hydrogens (tertiary/aromatic N) is 2. The van der Waals surface area contributed by atoms with Crippen molar-refractivity contribution in [2.75, 3.05) is 0 Å². The fraction of sp³-hybridized carbons (Fsp3) is 0. The van der Waals surface area contributed by atoms with Crippen LogP contribution in [-0.4, -0.2) is 9.97 Å². The summed E-state index contributed by atoms with van der Waals surface area (Å²) in [6, 6.07) is 49.5. The molecule has 4 nitrogen and oxygen atoms in total. The molecule has 0 aliphatic carbocycles. The second-order valence-electron chi connectivity index (χ2n) is 11.0. The third kappa shape index (κ3) is 3.92. The molecule has 0 radical (unpaired) electrons. The van der Waals surface area contributed by atoms with Gasteiger partial charge in [0.05, 0.1) is 11.4 Å². The third-order valence-electron chi connectivity index (χ3n) is 8.29. The minimum atomic E-state index is 0.677. The highest BCUT2D eigenvalue weighted by atomic mass is 16.3. The molecule has 0 fully saturated rings. The lowest BCUT2D eigenvalue weighted by Gasteiger charge is -2.12. The van der Waals surface area contributed by atoms with Gasteiger partial charge in [-0.05, 0) is 47.5 Å². The fourth-order valence-corrected chi connectivity index (χ4v) is 6.28. The van der Waals surface area contributed by atoms with E-state index in [0.29, 0.717) is 5.82 Å². The van der Waals surface area contributed by atoms with Crippen LogP contribution >= 0.6 is 0 Å². The van der Waals surface area contributed by atoms with Crippen molar-refractivity contribution in [3.8, 4) is 45.0 Å². The predicted octanol–water partition coefficient (Wildman–Crippen LogP) is 10.9. The number of fused-ring (bicyclic) bond motifs is 6. The number of hydrogen-bond acceptors (Lipinski definition) is 4. The van der Waals surface area contributed by atoms with E-state index in [9.17, 15) is 0 Å². The Morgan fingerprint density at radius 2 is 0.909 bits per heavy atom. The third-order valence-corrected chi connectivity index (χ3v) is 8.29. The molecule has 0 spiro atoms. The Morgan fingerprint density at radius 1 is 0.364 bits per heavy atom. The van der Waals surface area contributed by atoms with Crippen molar-refractivity contribution >= 4 is 43.9 Å². The molecular weight excluding hydrogens is 540 g/mol. The minimum absolute atomic E-state index is 0.677. The SMILES string of the molecule is c1ccc(-c2cc(-c3cc(-c4cccc5oc6ccccc6c45)c4c(c3)oc3ccccc34)nc(-c3ccccc3)n2)cc1. The Hall–Kier alpha value is -6.00. The van der Waals surface area contributed by atoms with Crippen LogP contribution in [0.4, 0.5) is 0 Å². The van der Waals surface area contributed by atoms with E-state index in [4.69, 9.17) is 18.8 Å². The average molecular weight is 565 g/mol. The maximum atomic E-state index is 6.52. The van der Waals surface area contributed by atoms with Crippen molar-refractivity contribution in [3.05, 3.63) is 146 Å². The topological polar surface area (TPSA) is 52.1 Å². The van der Waals surface area contributed by atoms with Crippen LogP contribution in [0.3, 0.4) is 0 Å². The van der Waals surface area contributed by atoms with Crippen molar-refractivity contribution in [2.45, 2.75) is 0 Å². The Kier molecular flexibility index (Phi) is 5.47. The molecule has 0 aliphatic heterocycles. The van der Waals surface area contributed by atoms with E-state index in [1.54, 1.807) is 0 Å². The Balaban J connectivity index is 1.37. The van der Waals surface area contributed by atoms with Gasteiger partial charge in [0.15, 0.2) is 5.82 Å². The van der Waals surface area contributed by atoms with Crippen molar-refractivity contribution < 1.29 is 8.83 Å². The molecule has 0 atom stereocenters. The summed E-state index contributed by atoms with van der Waals surface area (Å²) in [4.78, 5) is 10.1. The number of furan rings is 2. The summed E-state index contributed by atoms with van der Waals surface area (Å²) in [5.41, 5.74) is 10.2. The predicted molar refractivity (Wildman–Crippen MR) is 178 cm³/mol. The molecule has 0 amide bonds. The van der Waals surface area contributed by atoms with Crippen LogP contribution in [0.2, 0.25) is 0 Å². The van der Waals surface area contributed by atoms with Crippen LogP contribution in [0.1, 0.15) is 0 Å². The van der Waals surface area contributed by atoms with E-state index in [-0.39, 0.29) is 0 Å². The normalized spacial score (nSPS) is 11.6. The van der Waals surface area contributed by atoms with Gasteiger partial charge in [-0.1, -0.05) is 109 Å². The summed E-state index contributed by atoms with van der Waals surface area (Å²) in [6.45, 7) is 0. The standard InChI is InChI=1S/C40H24N2O2/c1-3-12-25(13-4-1)32-24-33(42-40(41-32)26-14-5-2-6-15-26)27-22-31(39-30-17-8-10-20-35(30)44-37(39)23-27)28-18-11-21-36-38(28)29-16-7-9-19-34(29)43-36/h1-24H. The lowest BCUT2D eigenvalue weighted by Crippen LogP contribution is -1.96. The van der Waals surface area contributed by atoms with Gasteiger partial charge in [0.2, 0.25) is 0 Å². The lowest BCUT2D eigenvalue weighted by atomic mass is 9.93. The Labute approximate surface area is 252 Å². The molecule has 206 valence electrons. The summed E-state index contributed by atoms with van der Waals surface area (Å²) in [7, 11) is 0. The lowest BCUT2D eigenvalue weighted by molar-refractivity contribution is 0.668. The van der Waals surface area contributed by atoms with Crippen molar-refractivity contribution in [1.82, 2.24) is 9.97 Å². The van der Waals surface area contributed by atoms with Crippen molar-refractivity contribution in [1.29, 1.82) is 0 Å². The molecule has 3 aromatic heterocycles. The van der Waals surface area contributed by atoms with Gasteiger partial charge in [-0.15, -0.1) is 0 Å². The summed E-state index contributed by atoms with van der Waals surface area (Å²) < 4.78 is 12.8. The summed E-state index contributed by atoms with van der Waals surface area (Å²) in [5, 5.41) is 4.32. The van der Waals surface area contributed by atoms with Crippen molar-refractivity contribution in [3.63, 3.8) is 0 Å². The number of rotatable bonds is 4. The van der Waals surface area contributed by atoms with Gasteiger partial charge >= 0.3 is 0 Å². The first kappa shape index (κ1) is 24.6. The van der Waals surface area contributed by atoms with Gasteiger partial charge in [-0.2, -0.15) is 0 Å². The smallest absolute Gasteiger partial charge is 0.160 e. The highest BCUT2D eigenvalue weighted by Gasteiger charge is 2.20. The van der Waals surface area contributed by atoms with E-state index in [2.05, 4.69) is 66.7 Å². The maximum absolute atomic E-state index is 6.52. The molecule has 9 aromatic rings. The van der Waals surface area contributed by atoms with Crippen LogP contribution in [0.25, 0.3) is 88.9 Å². The summed E-state index contributed by atoms with van der Waals surface area (Å²) in [6.07, 6.45) is 0. The number of benzene rings is 6. The molecule has 0 unspecified atom stereocenters. The van der Waals surface area contributed by atoms with Crippen LogP contribution in [0, 0.1) is 0 Å². The zero-order valence-electron chi connectivity index (χ0n) is 23.6. The van der Waals surface area contributed by atoms with Gasteiger partial charge < -0.3 is 8.83 Å². The van der Waals surface area contributed by atoms with E-state index >= 15 is 0 Å². The Bertz CT molecular complexity index is 2430. The molecule has 6 aromatic carbocycles. The molecule has 9 rings (SSSR count). The minimum Gasteiger partial charge on any atom is -0.456 e. The average Bonchev–Trinajstić information content (AvgIpc) is 3.67. The molecule has 0 aliphatic rings. The quantitative estimate of drug-likeness (QED) is 0.213. The monoisotopic (exact) mass is 564 g/mol. The highest BCUT2D eigenvalue weighted by Crippen LogP contribution is 2.44. The maximum Gasteiger partial charge on any atom is 0.160 e. The first-order valence-electron chi connectivity index (χ1n) is 14.7. The van der Waals surface area contributed by atoms with Crippen molar-refractivity contribution in [2.24, 2.45) is 0 Å². The number of aromatic nitrogens is 2. The zero-order chi connectivity index (χ0) is 29.0. The van der Waals surface area contributed by atoms with E-state index < -0.39 is 0 Å². The Morgan fingerprint density at radius 3 is 1.61 bits per heavy atom. The molecule has 0 saturated carbocycles. The first-order chi connectivity index (χ1) is 21.8. The van der Waals surface area contributed by atoms with E-state index in [1.807, 2.05) is 78.9 Å². The van der Waals surface area contributed by atoms with Crippen LogP contribution in [0.5, 0.6) is 0 Å². The summed E-state index contributed by atoms with van der Waals surface area (Å²) >= 11 is 0. The molecule has 3 heterocycles. The molecular formula is C40H24N2O2. The van der Waals surface area contributed by atoms with Crippen LogP contribution in [0.15, 0.2) is 154 Å². The second-order valence-corrected chi connectivity index (χ2v) is 11.0. The fourth-order valence-electron chi connectivity index (χ4n) is 6.28. The van der Waals surface area contributed by atoms with Gasteiger partial charge in [0.1, 0.15) is 22.3 Å². The zero-order valence-corrected chi connectivity index (χ0v) is 23.6. The van der Waals surface area contributed by atoms with Gasteiger partial charge in [-0.3, -0.25) is 0 Å². The largest absolute Gasteiger partial charge is 0.456 e.